The lowest BCUT2D eigenvalue weighted by Crippen LogP contribution is -2.22. The van der Waals surface area contributed by atoms with Crippen LogP contribution in [-0.2, 0) is 4.79 Å². The van der Waals surface area contributed by atoms with Gasteiger partial charge in [-0.25, -0.2) is 4.39 Å². The molecule has 0 aliphatic carbocycles. The Bertz CT molecular complexity index is 586. The lowest BCUT2D eigenvalue weighted by molar-refractivity contribution is -0.115. The highest BCUT2D eigenvalue weighted by Gasteiger charge is 2.14. The van der Waals surface area contributed by atoms with Crippen LogP contribution in [0.5, 0.6) is 0 Å². The average Bonchev–Trinajstić information content (AvgIpc) is 2.44. The number of rotatable bonds is 4. The van der Waals surface area contributed by atoms with Crippen molar-refractivity contribution in [2.75, 3.05) is 5.32 Å². The second-order valence-corrected chi connectivity index (χ2v) is 6.54. The molecule has 0 radical (unpaired) electrons. The van der Waals surface area contributed by atoms with Gasteiger partial charge in [-0.3, -0.25) is 4.79 Å². The summed E-state index contributed by atoms with van der Waals surface area (Å²) >= 11 is 4.74. The number of nitrogens with one attached hydrogen (secondary N) is 1. The van der Waals surface area contributed by atoms with Gasteiger partial charge in [0.1, 0.15) is 5.82 Å². The summed E-state index contributed by atoms with van der Waals surface area (Å²) in [6.07, 6.45) is 0. The highest BCUT2D eigenvalue weighted by atomic mass is 79.9. The third-order valence-electron chi connectivity index (χ3n) is 2.61. The minimum Gasteiger partial charge on any atom is -0.325 e. The zero-order valence-electron chi connectivity index (χ0n) is 10.8. The molecule has 2 aromatic rings. The van der Waals surface area contributed by atoms with Crippen LogP contribution in [-0.4, -0.2) is 11.2 Å². The van der Waals surface area contributed by atoms with E-state index in [0.717, 1.165) is 15.1 Å². The summed E-state index contributed by atoms with van der Waals surface area (Å²) in [7, 11) is 0. The molecule has 0 saturated heterocycles. The first kappa shape index (κ1) is 15.1. The Labute approximate surface area is 129 Å². The van der Waals surface area contributed by atoms with E-state index in [1.54, 1.807) is 12.1 Å². The highest BCUT2D eigenvalue weighted by Crippen LogP contribution is 2.24. The van der Waals surface area contributed by atoms with Crippen LogP contribution in [0.15, 0.2) is 57.9 Å². The quantitative estimate of drug-likeness (QED) is 0.806. The monoisotopic (exact) mass is 353 g/mol. The van der Waals surface area contributed by atoms with Gasteiger partial charge in [0.25, 0.3) is 0 Å². The Kier molecular flexibility index (Phi) is 5.20. The maximum Gasteiger partial charge on any atom is 0.237 e. The SMILES string of the molecule is C[C@H](Sc1ccc(F)cc1)C(=O)Nc1ccc(Br)cc1. The lowest BCUT2D eigenvalue weighted by Gasteiger charge is -2.12. The summed E-state index contributed by atoms with van der Waals surface area (Å²) in [5.74, 6) is -0.358. The number of hydrogen-bond donors (Lipinski definition) is 1. The van der Waals surface area contributed by atoms with Crippen molar-refractivity contribution in [3.63, 3.8) is 0 Å². The molecular formula is C15H13BrFNOS. The lowest BCUT2D eigenvalue weighted by atomic mass is 10.3. The highest BCUT2D eigenvalue weighted by molar-refractivity contribution is 9.10. The van der Waals surface area contributed by atoms with Gasteiger partial charge in [-0.05, 0) is 55.5 Å². The molecule has 0 heterocycles. The van der Waals surface area contributed by atoms with Crippen molar-refractivity contribution in [1.29, 1.82) is 0 Å². The zero-order chi connectivity index (χ0) is 14.5. The van der Waals surface area contributed by atoms with Gasteiger partial charge in [0, 0.05) is 15.1 Å². The van der Waals surface area contributed by atoms with Crippen molar-refractivity contribution in [2.24, 2.45) is 0 Å². The largest absolute Gasteiger partial charge is 0.325 e. The van der Waals surface area contributed by atoms with Crippen molar-refractivity contribution in [3.8, 4) is 0 Å². The summed E-state index contributed by atoms with van der Waals surface area (Å²) in [4.78, 5) is 12.9. The summed E-state index contributed by atoms with van der Waals surface area (Å²) in [5, 5.41) is 2.59. The predicted molar refractivity (Wildman–Crippen MR) is 84.5 cm³/mol. The maximum absolute atomic E-state index is 12.8. The predicted octanol–water partition coefficient (Wildman–Crippen LogP) is 4.71. The first-order valence-corrected chi connectivity index (χ1v) is 7.70. The van der Waals surface area contributed by atoms with Crippen LogP contribution in [0.3, 0.4) is 0 Å². The Hall–Kier alpha value is -1.33. The van der Waals surface area contributed by atoms with Crippen molar-refractivity contribution >= 4 is 39.3 Å². The van der Waals surface area contributed by atoms with Gasteiger partial charge in [0.2, 0.25) is 5.91 Å². The fourth-order valence-electron chi connectivity index (χ4n) is 1.55. The maximum atomic E-state index is 12.8. The minimum atomic E-state index is -0.277. The minimum absolute atomic E-state index is 0.0818. The van der Waals surface area contributed by atoms with E-state index < -0.39 is 0 Å². The van der Waals surface area contributed by atoms with Crippen molar-refractivity contribution in [3.05, 3.63) is 58.8 Å². The molecule has 104 valence electrons. The Morgan fingerprint density at radius 1 is 1.15 bits per heavy atom. The van der Waals surface area contributed by atoms with Gasteiger partial charge in [-0.2, -0.15) is 0 Å². The molecule has 0 aliphatic rings. The molecule has 0 saturated carbocycles. The van der Waals surface area contributed by atoms with Crippen LogP contribution in [0, 0.1) is 5.82 Å². The standard InChI is InChI=1S/C15H13BrFNOS/c1-10(20-14-8-4-12(17)5-9-14)15(19)18-13-6-2-11(16)3-7-13/h2-10H,1H3,(H,18,19)/t10-/m0/s1. The van der Waals surface area contributed by atoms with Crippen molar-refractivity contribution in [1.82, 2.24) is 0 Å². The third-order valence-corrected chi connectivity index (χ3v) is 4.25. The molecular weight excluding hydrogens is 341 g/mol. The van der Waals surface area contributed by atoms with Crippen LogP contribution >= 0.6 is 27.7 Å². The topological polar surface area (TPSA) is 29.1 Å². The molecule has 0 fully saturated rings. The molecule has 20 heavy (non-hydrogen) atoms. The molecule has 0 bridgehead atoms. The summed E-state index contributed by atoms with van der Waals surface area (Å²) in [6, 6.07) is 13.5. The average molecular weight is 354 g/mol. The molecule has 0 aliphatic heterocycles. The van der Waals surface area contributed by atoms with E-state index in [4.69, 9.17) is 0 Å². The van der Waals surface area contributed by atoms with E-state index in [-0.39, 0.29) is 17.0 Å². The number of hydrogen-bond acceptors (Lipinski definition) is 2. The summed E-state index contributed by atoms with van der Waals surface area (Å²) < 4.78 is 13.8. The number of amides is 1. The number of carbonyl (C=O) groups is 1. The smallest absolute Gasteiger partial charge is 0.237 e. The molecule has 0 unspecified atom stereocenters. The molecule has 5 heteroatoms. The second-order valence-electron chi connectivity index (χ2n) is 4.21. The van der Waals surface area contributed by atoms with E-state index in [1.165, 1.54) is 23.9 Å². The number of carbonyl (C=O) groups excluding carboxylic acids is 1. The fraction of sp³-hybridized carbons (Fsp3) is 0.133. The summed E-state index contributed by atoms with van der Waals surface area (Å²) in [5.41, 5.74) is 0.754. The van der Waals surface area contributed by atoms with Gasteiger partial charge < -0.3 is 5.32 Å². The molecule has 2 rings (SSSR count). The second kappa shape index (κ2) is 6.90. The first-order valence-electron chi connectivity index (χ1n) is 6.03. The molecule has 2 aromatic carbocycles. The molecule has 1 N–H and O–H groups in total. The van der Waals surface area contributed by atoms with E-state index >= 15 is 0 Å². The molecule has 1 amide bonds. The van der Waals surface area contributed by atoms with Crippen molar-refractivity contribution in [2.45, 2.75) is 17.1 Å². The van der Waals surface area contributed by atoms with Crippen LogP contribution in [0.1, 0.15) is 6.92 Å². The first-order chi connectivity index (χ1) is 9.54. The van der Waals surface area contributed by atoms with E-state index in [0.29, 0.717) is 0 Å². The Morgan fingerprint density at radius 3 is 2.35 bits per heavy atom. The van der Waals surface area contributed by atoms with Crippen LogP contribution < -0.4 is 5.32 Å². The van der Waals surface area contributed by atoms with Crippen LogP contribution in [0.2, 0.25) is 0 Å². The Balaban J connectivity index is 1.94. The number of thioether (sulfide) groups is 1. The molecule has 0 spiro atoms. The normalized spacial score (nSPS) is 11.9. The van der Waals surface area contributed by atoms with E-state index in [1.807, 2.05) is 31.2 Å². The van der Waals surface area contributed by atoms with Gasteiger partial charge in [-0.1, -0.05) is 15.9 Å². The van der Waals surface area contributed by atoms with Gasteiger partial charge >= 0.3 is 0 Å². The number of anilines is 1. The molecule has 1 atom stereocenters. The van der Waals surface area contributed by atoms with E-state index in [2.05, 4.69) is 21.2 Å². The number of halogens is 2. The molecule has 0 aromatic heterocycles. The van der Waals surface area contributed by atoms with Gasteiger partial charge in [0.15, 0.2) is 0 Å². The zero-order valence-corrected chi connectivity index (χ0v) is 13.2. The van der Waals surface area contributed by atoms with Crippen LogP contribution in [0.4, 0.5) is 10.1 Å². The fourth-order valence-corrected chi connectivity index (χ4v) is 2.68. The van der Waals surface area contributed by atoms with Crippen LogP contribution in [0.25, 0.3) is 0 Å². The number of benzene rings is 2. The van der Waals surface area contributed by atoms with Gasteiger partial charge in [-0.15, -0.1) is 11.8 Å². The third kappa shape index (κ3) is 4.35. The molecule has 2 nitrogen and oxygen atoms in total. The van der Waals surface area contributed by atoms with Gasteiger partial charge in [0.05, 0.1) is 5.25 Å². The summed E-state index contributed by atoms with van der Waals surface area (Å²) in [6.45, 7) is 1.82. The Morgan fingerprint density at radius 2 is 1.75 bits per heavy atom. The van der Waals surface area contributed by atoms with Crippen molar-refractivity contribution < 1.29 is 9.18 Å². The van der Waals surface area contributed by atoms with E-state index in [9.17, 15) is 9.18 Å².